The number of nitrogen functional groups attached to an aromatic ring is 1. The standard InChI is InChI=1S/C19H25FN4O3/c1-9-5-6-23(7-11(9)8-25)17-10(2)16-13(15(21)14(17)20)18(26)22-19(27)24(16)12-3-4-12/h9,11-12,25H,3-8,21H2,1-2H3,(H,22,26,27). The first-order valence-electron chi connectivity index (χ1n) is 9.47. The van der Waals surface area contributed by atoms with Crippen molar-refractivity contribution >= 4 is 22.3 Å². The number of aliphatic hydroxyl groups is 1. The molecule has 4 rings (SSSR count). The number of hydrogen-bond acceptors (Lipinski definition) is 5. The molecule has 1 saturated carbocycles. The molecule has 0 bridgehead atoms. The number of nitrogens with zero attached hydrogens (tertiary/aromatic N) is 2. The molecule has 27 heavy (non-hydrogen) atoms. The molecule has 0 radical (unpaired) electrons. The quantitative estimate of drug-likeness (QED) is 0.705. The van der Waals surface area contributed by atoms with Crippen LogP contribution in [0.5, 0.6) is 0 Å². The molecule has 1 aromatic heterocycles. The Kier molecular flexibility index (Phi) is 4.25. The van der Waals surface area contributed by atoms with Crippen molar-refractivity contribution in [1.29, 1.82) is 0 Å². The van der Waals surface area contributed by atoms with Crippen LogP contribution in [-0.2, 0) is 0 Å². The third-order valence-electron chi connectivity index (χ3n) is 6.14. The molecule has 2 aliphatic rings. The van der Waals surface area contributed by atoms with Crippen molar-refractivity contribution < 1.29 is 9.50 Å². The number of aromatic nitrogens is 2. The van der Waals surface area contributed by atoms with E-state index in [2.05, 4.69) is 11.9 Å². The zero-order valence-corrected chi connectivity index (χ0v) is 15.6. The number of hydrogen-bond donors (Lipinski definition) is 3. The van der Waals surface area contributed by atoms with E-state index in [1.54, 1.807) is 11.5 Å². The van der Waals surface area contributed by atoms with Gasteiger partial charge >= 0.3 is 5.69 Å². The molecule has 4 N–H and O–H groups in total. The van der Waals surface area contributed by atoms with Crippen molar-refractivity contribution in [1.82, 2.24) is 9.55 Å². The van der Waals surface area contributed by atoms with Crippen LogP contribution < -0.4 is 21.9 Å². The topological polar surface area (TPSA) is 104 Å². The summed E-state index contributed by atoms with van der Waals surface area (Å²) in [6.45, 7) is 5.01. The molecule has 2 aromatic rings. The third kappa shape index (κ3) is 2.74. The fourth-order valence-corrected chi connectivity index (χ4v) is 4.33. The summed E-state index contributed by atoms with van der Waals surface area (Å²) in [5, 5.41) is 9.70. The number of piperidine rings is 1. The molecule has 0 spiro atoms. The summed E-state index contributed by atoms with van der Waals surface area (Å²) in [5.74, 6) is -0.239. The van der Waals surface area contributed by atoms with Gasteiger partial charge in [-0.15, -0.1) is 0 Å². The minimum absolute atomic E-state index is 0.0137. The molecule has 2 heterocycles. The van der Waals surface area contributed by atoms with Crippen molar-refractivity contribution in [3.8, 4) is 0 Å². The number of anilines is 2. The van der Waals surface area contributed by atoms with Crippen LogP contribution in [0.15, 0.2) is 9.59 Å². The van der Waals surface area contributed by atoms with Crippen molar-refractivity contribution in [2.24, 2.45) is 11.8 Å². The Morgan fingerprint density at radius 2 is 2.00 bits per heavy atom. The lowest BCUT2D eigenvalue weighted by Crippen LogP contribution is -2.42. The smallest absolute Gasteiger partial charge is 0.329 e. The van der Waals surface area contributed by atoms with Gasteiger partial charge in [0.2, 0.25) is 0 Å². The summed E-state index contributed by atoms with van der Waals surface area (Å²) in [6, 6.07) is 0.0137. The Labute approximate surface area is 155 Å². The van der Waals surface area contributed by atoms with E-state index in [0.717, 1.165) is 19.3 Å². The van der Waals surface area contributed by atoms with E-state index in [-0.39, 0.29) is 29.6 Å². The predicted octanol–water partition coefficient (Wildman–Crippen LogP) is 1.51. The molecule has 1 aliphatic carbocycles. The highest BCUT2D eigenvalue weighted by molar-refractivity contribution is 5.97. The van der Waals surface area contributed by atoms with Gasteiger partial charge in [0.05, 0.1) is 22.3 Å². The molecule has 7 nitrogen and oxygen atoms in total. The van der Waals surface area contributed by atoms with Crippen LogP contribution in [0.2, 0.25) is 0 Å². The molecule has 2 unspecified atom stereocenters. The highest BCUT2D eigenvalue weighted by Crippen LogP contribution is 2.41. The van der Waals surface area contributed by atoms with Crippen LogP contribution in [0.4, 0.5) is 15.8 Å². The Morgan fingerprint density at radius 1 is 1.30 bits per heavy atom. The molecule has 146 valence electrons. The minimum atomic E-state index is -0.654. The number of H-pyrrole nitrogens is 1. The van der Waals surface area contributed by atoms with Gasteiger partial charge in [0, 0.05) is 37.2 Å². The molecule has 8 heteroatoms. The fraction of sp³-hybridized carbons (Fsp3) is 0.579. The van der Waals surface area contributed by atoms with E-state index in [9.17, 15) is 14.7 Å². The second-order valence-electron chi connectivity index (χ2n) is 7.94. The lowest BCUT2D eigenvalue weighted by atomic mass is 9.87. The molecular weight excluding hydrogens is 351 g/mol. The van der Waals surface area contributed by atoms with E-state index in [0.29, 0.717) is 35.8 Å². The van der Waals surface area contributed by atoms with Gasteiger partial charge < -0.3 is 15.7 Å². The van der Waals surface area contributed by atoms with Crippen molar-refractivity contribution in [3.05, 3.63) is 32.2 Å². The summed E-state index contributed by atoms with van der Waals surface area (Å²) >= 11 is 0. The Balaban J connectivity index is 1.99. The molecular formula is C19H25FN4O3. The normalized spacial score (nSPS) is 23.2. The van der Waals surface area contributed by atoms with Gasteiger partial charge in [-0.3, -0.25) is 14.3 Å². The highest BCUT2D eigenvalue weighted by atomic mass is 19.1. The molecule has 2 atom stereocenters. The van der Waals surface area contributed by atoms with E-state index in [1.165, 1.54) is 0 Å². The van der Waals surface area contributed by atoms with Crippen molar-refractivity contribution in [2.45, 2.75) is 39.2 Å². The van der Waals surface area contributed by atoms with Gasteiger partial charge in [-0.2, -0.15) is 0 Å². The number of halogens is 1. The van der Waals surface area contributed by atoms with Crippen LogP contribution >= 0.6 is 0 Å². The molecule has 1 aromatic carbocycles. The number of rotatable bonds is 3. The van der Waals surface area contributed by atoms with Crippen LogP contribution in [0, 0.1) is 24.6 Å². The molecule has 0 amide bonds. The van der Waals surface area contributed by atoms with Gasteiger partial charge in [-0.25, -0.2) is 9.18 Å². The number of benzene rings is 1. The van der Waals surface area contributed by atoms with Gasteiger partial charge in [0.25, 0.3) is 5.56 Å². The van der Waals surface area contributed by atoms with E-state index < -0.39 is 17.1 Å². The first-order chi connectivity index (χ1) is 12.8. The predicted molar refractivity (Wildman–Crippen MR) is 103 cm³/mol. The maximum atomic E-state index is 15.3. The maximum Gasteiger partial charge on any atom is 0.329 e. The zero-order valence-electron chi connectivity index (χ0n) is 15.6. The molecule has 1 saturated heterocycles. The second-order valence-corrected chi connectivity index (χ2v) is 7.94. The Morgan fingerprint density at radius 3 is 2.63 bits per heavy atom. The summed E-state index contributed by atoms with van der Waals surface area (Å²) < 4.78 is 16.8. The highest BCUT2D eigenvalue weighted by Gasteiger charge is 2.33. The van der Waals surface area contributed by atoms with E-state index >= 15 is 4.39 Å². The van der Waals surface area contributed by atoms with Crippen LogP contribution in [0.3, 0.4) is 0 Å². The zero-order chi connectivity index (χ0) is 19.5. The van der Waals surface area contributed by atoms with Crippen LogP contribution in [0.25, 0.3) is 10.9 Å². The van der Waals surface area contributed by atoms with E-state index in [4.69, 9.17) is 5.73 Å². The van der Waals surface area contributed by atoms with Gasteiger partial charge in [-0.05, 0) is 32.1 Å². The number of aryl methyl sites for hydroxylation is 1. The molecule has 1 aliphatic heterocycles. The third-order valence-corrected chi connectivity index (χ3v) is 6.14. The summed E-state index contributed by atoms with van der Waals surface area (Å²) in [6.07, 6.45) is 2.52. The number of aromatic amines is 1. The van der Waals surface area contributed by atoms with Gasteiger partial charge in [0.1, 0.15) is 0 Å². The number of fused-ring (bicyclic) bond motifs is 1. The number of aliphatic hydroxyl groups excluding tert-OH is 1. The van der Waals surface area contributed by atoms with Gasteiger partial charge in [-0.1, -0.05) is 6.92 Å². The lowest BCUT2D eigenvalue weighted by molar-refractivity contribution is 0.166. The molecule has 2 fully saturated rings. The van der Waals surface area contributed by atoms with Gasteiger partial charge in [0.15, 0.2) is 5.82 Å². The largest absolute Gasteiger partial charge is 0.396 e. The Hall–Kier alpha value is -2.35. The first kappa shape index (κ1) is 18.0. The van der Waals surface area contributed by atoms with Crippen LogP contribution in [-0.4, -0.2) is 34.4 Å². The maximum absolute atomic E-state index is 15.3. The minimum Gasteiger partial charge on any atom is -0.396 e. The Bertz CT molecular complexity index is 1020. The second kappa shape index (κ2) is 6.37. The van der Waals surface area contributed by atoms with Crippen molar-refractivity contribution in [2.75, 3.05) is 30.3 Å². The summed E-state index contributed by atoms with van der Waals surface area (Å²) in [4.78, 5) is 29.0. The lowest BCUT2D eigenvalue weighted by Gasteiger charge is -2.38. The monoisotopic (exact) mass is 376 g/mol. The number of nitrogens with two attached hydrogens (primary N) is 1. The number of nitrogens with one attached hydrogen (secondary N) is 1. The average molecular weight is 376 g/mol. The van der Waals surface area contributed by atoms with Crippen molar-refractivity contribution in [3.63, 3.8) is 0 Å². The van der Waals surface area contributed by atoms with Crippen LogP contribution in [0.1, 0.15) is 37.8 Å². The fourth-order valence-electron chi connectivity index (χ4n) is 4.33. The average Bonchev–Trinajstić information content (AvgIpc) is 3.45. The summed E-state index contributed by atoms with van der Waals surface area (Å²) in [5.41, 5.74) is 6.01. The van der Waals surface area contributed by atoms with E-state index in [1.807, 2.05) is 4.90 Å². The SMILES string of the molecule is Cc1c(N2CCC(C)C(CO)C2)c(F)c(N)c2c(=O)[nH]c(=O)n(C3CC3)c12. The summed E-state index contributed by atoms with van der Waals surface area (Å²) in [7, 11) is 0. The first-order valence-corrected chi connectivity index (χ1v) is 9.47.